The number of rotatable bonds is 5. The first-order chi connectivity index (χ1) is 13.4. The van der Waals surface area contributed by atoms with E-state index < -0.39 is 22.8 Å². The fraction of sp³-hybridized carbons (Fsp3) is 0.263. The average Bonchev–Trinajstić information content (AvgIpc) is 2.72. The Labute approximate surface area is 160 Å². The molecule has 9 heteroatoms. The van der Waals surface area contributed by atoms with Crippen LogP contribution in [-0.2, 0) is 4.74 Å². The van der Waals surface area contributed by atoms with Crippen molar-refractivity contribution in [2.75, 3.05) is 20.3 Å². The molecule has 1 amide bonds. The van der Waals surface area contributed by atoms with E-state index in [-0.39, 0.29) is 16.8 Å². The predicted molar refractivity (Wildman–Crippen MR) is 97.7 cm³/mol. The lowest BCUT2D eigenvalue weighted by molar-refractivity contribution is -0.384. The minimum absolute atomic E-state index is 0.0148. The summed E-state index contributed by atoms with van der Waals surface area (Å²) >= 11 is 0. The normalized spacial score (nSPS) is 13.4. The number of hydrogen-bond donors (Lipinski definition) is 1. The van der Waals surface area contributed by atoms with Gasteiger partial charge in [0.15, 0.2) is 11.5 Å². The van der Waals surface area contributed by atoms with Crippen LogP contribution in [0.5, 0.6) is 11.5 Å². The second kappa shape index (κ2) is 7.95. The number of nitro benzene ring substituents is 1. The van der Waals surface area contributed by atoms with Crippen LogP contribution in [0.2, 0.25) is 0 Å². The summed E-state index contributed by atoms with van der Waals surface area (Å²) in [5, 5.41) is 13.9. The number of nitro groups is 1. The minimum Gasteiger partial charge on any atom is -0.486 e. The Hall–Kier alpha value is -3.62. The summed E-state index contributed by atoms with van der Waals surface area (Å²) in [6.45, 7) is 2.69. The van der Waals surface area contributed by atoms with Crippen LogP contribution in [0, 0.1) is 10.1 Å². The summed E-state index contributed by atoms with van der Waals surface area (Å²) in [5.74, 6) is -0.100. The van der Waals surface area contributed by atoms with E-state index in [0.29, 0.717) is 24.7 Å². The lowest BCUT2D eigenvalue weighted by Crippen LogP contribution is -2.27. The van der Waals surface area contributed by atoms with Gasteiger partial charge in [0.2, 0.25) is 0 Å². The molecule has 2 aromatic carbocycles. The van der Waals surface area contributed by atoms with Gasteiger partial charge in [-0.25, -0.2) is 4.79 Å². The van der Waals surface area contributed by atoms with Gasteiger partial charge in [-0.3, -0.25) is 14.9 Å². The van der Waals surface area contributed by atoms with Crippen molar-refractivity contribution in [2.24, 2.45) is 0 Å². The number of amides is 1. The summed E-state index contributed by atoms with van der Waals surface area (Å²) in [4.78, 5) is 34.8. The molecule has 0 unspecified atom stereocenters. The monoisotopic (exact) mass is 386 g/mol. The average molecular weight is 386 g/mol. The summed E-state index contributed by atoms with van der Waals surface area (Å²) in [7, 11) is 1.16. The summed E-state index contributed by atoms with van der Waals surface area (Å²) in [5.41, 5.74) is 0.309. The molecule has 0 fully saturated rings. The first-order valence-electron chi connectivity index (χ1n) is 8.47. The van der Waals surface area contributed by atoms with E-state index >= 15 is 0 Å². The zero-order valence-electron chi connectivity index (χ0n) is 15.3. The zero-order chi connectivity index (χ0) is 20.3. The van der Waals surface area contributed by atoms with Crippen molar-refractivity contribution in [3.05, 3.63) is 63.2 Å². The van der Waals surface area contributed by atoms with E-state index in [2.05, 4.69) is 10.1 Å². The molecule has 1 heterocycles. The van der Waals surface area contributed by atoms with E-state index in [1.807, 2.05) is 0 Å². The van der Waals surface area contributed by atoms with Crippen LogP contribution in [0.15, 0.2) is 36.4 Å². The fourth-order valence-corrected chi connectivity index (χ4v) is 2.78. The highest BCUT2D eigenvalue weighted by atomic mass is 16.6. The van der Waals surface area contributed by atoms with Crippen molar-refractivity contribution in [1.29, 1.82) is 0 Å². The predicted octanol–water partition coefficient (Wildman–Crippen LogP) is 2.64. The number of benzene rings is 2. The lowest BCUT2D eigenvalue weighted by Gasteiger charge is -2.21. The number of fused-ring (bicyclic) bond motifs is 1. The van der Waals surface area contributed by atoms with Crippen LogP contribution in [0.25, 0.3) is 0 Å². The fourth-order valence-electron chi connectivity index (χ4n) is 2.78. The molecule has 0 aliphatic carbocycles. The SMILES string of the molecule is COC(=O)c1cc(C(=O)N[C@H](C)c2ccc3c(c2)OCCO3)cc([N+](=O)[O-])c1. The molecule has 1 N–H and O–H groups in total. The smallest absolute Gasteiger partial charge is 0.338 e. The van der Waals surface area contributed by atoms with Gasteiger partial charge in [-0.05, 0) is 30.7 Å². The van der Waals surface area contributed by atoms with Gasteiger partial charge in [0.25, 0.3) is 11.6 Å². The first kappa shape index (κ1) is 19.2. The lowest BCUT2D eigenvalue weighted by atomic mass is 10.1. The van der Waals surface area contributed by atoms with Gasteiger partial charge < -0.3 is 19.5 Å². The maximum atomic E-state index is 12.6. The molecule has 1 aliphatic rings. The standard InChI is InChI=1S/C19H18N2O7/c1-11(12-3-4-16-17(10-12)28-6-5-27-16)20-18(22)13-7-14(19(23)26-2)9-15(8-13)21(24)25/h3-4,7-11H,5-6H2,1-2H3,(H,20,22)/t11-/m1/s1. The Morgan fingerprint density at radius 2 is 1.79 bits per heavy atom. The van der Waals surface area contributed by atoms with E-state index in [1.165, 1.54) is 6.07 Å². The molecular weight excluding hydrogens is 368 g/mol. The second-order valence-electron chi connectivity index (χ2n) is 6.12. The molecule has 0 radical (unpaired) electrons. The summed E-state index contributed by atoms with van der Waals surface area (Å²) < 4.78 is 15.6. The number of non-ortho nitro benzene ring substituents is 1. The Morgan fingerprint density at radius 1 is 1.11 bits per heavy atom. The molecule has 28 heavy (non-hydrogen) atoms. The molecule has 9 nitrogen and oxygen atoms in total. The van der Waals surface area contributed by atoms with E-state index in [1.54, 1.807) is 25.1 Å². The molecule has 146 valence electrons. The van der Waals surface area contributed by atoms with Crippen molar-refractivity contribution in [3.8, 4) is 11.5 Å². The number of hydrogen-bond acceptors (Lipinski definition) is 7. The Balaban J connectivity index is 1.83. The molecule has 3 rings (SSSR count). The highest BCUT2D eigenvalue weighted by Crippen LogP contribution is 2.32. The van der Waals surface area contributed by atoms with Crippen molar-refractivity contribution in [1.82, 2.24) is 5.32 Å². The van der Waals surface area contributed by atoms with Gasteiger partial charge in [-0.1, -0.05) is 6.07 Å². The minimum atomic E-state index is -0.766. The van der Waals surface area contributed by atoms with Crippen molar-refractivity contribution in [3.63, 3.8) is 0 Å². The number of esters is 1. The van der Waals surface area contributed by atoms with Crippen LogP contribution < -0.4 is 14.8 Å². The third-order valence-electron chi connectivity index (χ3n) is 4.23. The topological polar surface area (TPSA) is 117 Å². The van der Waals surface area contributed by atoms with Crippen LogP contribution in [0.3, 0.4) is 0 Å². The maximum Gasteiger partial charge on any atom is 0.338 e. The first-order valence-corrected chi connectivity index (χ1v) is 8.47. The molecule has 0 saturated heterocycles. The van der Waals surface area contributed by atoms with Gasteiger partial charge in [0.05, 0.1) is 23.6 Å². The van der Waals surface area contributed by atoms with Gasteiger partial charge in [-0.2, -0.15) is 0 Å². The number of carbonyl (C=O) groups is 2. The van der Waals surface area contributed by atoms with E-state index in [4.69, 9.17) is 9.47 Å². The van der Waals surface area contributed by atoms with Gasteiger partial charge >= 0.3 is 5.97 Å². The number of carbonyl (C=O) groups excluding carboxylic acids is 2. The van der Waals surface area contributed by atoms with Crippen LogP contribution in [0.1, 0.15) is 39.2 Å². The second-order valence-corrected chi connectivity index (χ2v) is 6.12. The molecule has 0 bridgehead atoms. The molecule has 1 atom stereocenters. The summed E-state index contributed by atoms with van der Waals surface area (Å²) in [6.07, 6.45) is 0. The molecule has 0 aromatic heterocycles. The Bertz CT molecular complexity index is 942. The van der Waals surface area contributed by atoms with E-state index in [9.17, 15) is 19.7 Å². The van der Waals surface area contributed by atoms with Crippen LogP contribution in [-0.4, -0.2) is 37.1 Å². The molecular formula is C19H18N2O7. The number of nitrogens with one attached hydrogen (secondary N) is 1. The third kappa shape index (κ3) is 4.03. The number of ether oxygens (including phenoxy) is 3. The van der Waals surface area contributed by atoms with Crippen LogP contribution in [0.4, 0.5) is 5.69 Å². The van der Waals surface area contributed by atoms with E-state index in [0.717, 1.165) is 24.8 Å². The summed E-state index contributed by atoms with van der Waals surface area (Å²) in [6, 6.07) is 8.34. The van der Waals surface area contributed by atoms with Crippen molar-refractivity contribution >= 4 is 17.6 Å². The van der Waals surface area contributed by atoms with Crippen molar-refractivity contribution < 1.29 is 28.7 Å². The third-order valence-corrected chi connectivity index (χ3v) is 4.23. The maximum absolute atomic E-state index is 12.6. The van der Waals surface area contributed by atoms with Crippen molar-refractivity contribution in [2.45, 2.75) is 13.0 Å². The Morgan fingerprint density at radius 3 is 2.46 bits per heavy atom. The molecule has 1 aliphatic heterocycles. The van der Waals surface area contributed by atoms with Crippen LogP contribution >= 0.6 is 0 Å². The molecule has 0 spiro atoms. The number of nitrogens with zero attached hydrogens (tertiary/aromatic N) is 1. The largest absolute Gasteiger partial charge is 0.486 e. The van der Waals surface area contributed by atoms with Gasteiger partial charge in [-0.15, -0.1) is 0 Å². The quantitative estimate of drug-likeness (QED) is 0.477. The Kier molecular flexibility index (Phi) is 5.44. The highest BCUT2D eigenvalue weighted by molar-refractivity contribution is 5.99. The highest BCUT2D eigenvalue weighted by Gasteiger charge is 2.20. The number of methoxy groups -OCH3 is 1. The van der Waals surface area contributed by atoms with Gasteiger partial charge in [0, 0.05) is 17.7 Å². The molecule has 0 saturated carbocycles. The van der Waals surface area contributed by atoms with Gasteiger partial charge in [0.1, 0.15) is 13.2 Å². The zero-order valence-corrected chi connectivity index (χ0v) is 15.3. The molecule has 2 aromatic rings.